The number of pyridine rings is 1. The van der Waals surface area contributed by atoms with Crippen LogP contribution in [0.2, 0.25) is 0 Å². The number of aliphatic imine (C=N–C) groups is 1. The van der Waals surface area contributed by atoms with Crippen LogP contribution >= 0.6 is 0 Å². The molecule has 190 valence electrons. The molecule has 4 heterocycles. The van der Waals surface area contributed by atoms with Gasteiger partial charge in [-0.2, -0.15) is 13.2 Å². The molecule has 0 spiro atoms. The summed E-state index contributed by atoms with van der Waals surface area (Å²) in [6, 6.07) is 8.42. The van der Waals surface area contributed by atoms with Gasteiger partial charge in [-0.3, -0.25) is 9.79 Å². The quantitative estimate of drug-likeness (QED) is 0.513. The second-order valence-electron chi connectivity index (χ2n) is 9.19. The molecule has 0 saturated carbocycles. The Bertz CT molecular complexity index is 1200. The lowest BCUT2D eigenvalue weighted by Gasteiger charge is -2.25. The van der Waals surface area contributed by atoms with Gasteiger partial charge in [0.25, 0.3) is 5.91 Å². The Balaban J connectivity index is 1.34. The zero-order chi connectivity index (χ0) is 25.4. The Labute approximate surface area is 205 Å². The van der Waals surface area contributed by atoms with Crippen LogP contribution in [0, 0.1) is 17.7 Å². The van der Waals surface area contributed by atoms with Crippen LogP contribution in [0.15, 0.2) is 53.2 Å². The first kappa shape index (κ1) is 24.2. The van der Waals surface area contributed by atoms with Gasteiger partial charge in [0.05, 0.1) is 42.3 Å². The Kier molecular flexibility index (Phi) is 6.42. The van der Waals surface area contributed by atoms with Gasteiger partial charge in [-0.25, -0.2) is 9.37 Å². The van der Waals surface area contributed by atoms with Crippen molar-refractivity contribution in [3.63, 3.8) is 0 Å². The predicted octanol–water partition coefficient (Wildman–Crippen LogP) is 2.98. The van der Waals surface area contributed by atoms with E-state index < -0.39 is 17.6 Å². The summed E-state index contributed by atoms with van der Waals surface area (Å²) < 4.78 is 58.5. The first-order valence-corrected chi connectivity index (χ1v) is 11.7. The summed E-state index contributed by atoms with van der Waals surface area (Å²) in [6.07, 6.45) is -3.59. The summed E-state index contributed by atoms with van der Waals surface area (Å²) in [5.74, 6) is -0.130. The number of benzene rings is 1. The normalized spacial score (nSPS) is 22.8. The van der Waals surface area contributed by atoms with E-state index in [2.05, 4.69) is 9.98 Å². The van der Waals surface area contributed by atoms with E-state index in [-0.39, 0.29) is 41.2 Å². The molecule has 2 atom stereocenters. The van der Waals surface area contributed by atoms with Crippen molar-refractivity contribution in [2.24, 2.45) is 22.6 Å². The van der Waals surface area contributed by atoms with Crippen LogP contribution in [-0.4, -0.2) is 67.4 Å². The Hall–Kier alpha value is -3.47. The highest BCUT2D eigenvalue weighted by atomic mass is 19.4. The van der Waals surface area contributed by atoms with Crippen LogP contribution < -0.4 is 10.6 Å². The fourth-order valence-corrected chi connectivity index (χ4v) is 5.06. The van der Waals surface area contributed by atoms with Gasteiger partial charge in [-0.1, -0.05) is 12.1 Å². The van der Waals surface area contributed by atoms with Crippen LogP contribution in [0.3, 0.4) is 0 Å². The highest BCUT2D eigenvalue weighted by Crippen LogP contribution is 2.36. The van der Waals surface area contributed by atoms with E-state index in [0.29, 0.717) is 50.9 Å². The van der Waals surface area contributed by atoms with Crippen molar-refractivity contribution < 1.29 is 27.1 Å². The van der Waals surface area contributed by atoms with Crippen LogP contribution in [0.1, 0.15) is 11.1 Å². The molecule has 7 nitrogen and oxygen atoms in total. The summed E-state index contributed by atoms with van der Waals surface area (Å²) in [5.41, 5.74) is 6.28. The smallest absolute Gasteiger partial charge is 0.397 e. The molecule has 11 heteroatoms. The van der Waals surface area contributed by atoms with Crippen LogP contribution in [0.25, 0.3) is 5.70 Å². The van der Waals surface area contributed by atoms with E-state index in [1.54, 1.807) is 17.0 Å². The number of hydrogen-bond acceptors (Lipinski definition) is 6. The van der Waals surface area contributed by atoms with Crippen molar-refractivity contribution in [3.05, 3.63) is 65.1 Å². The number of alkyl halides is 3. The number of hydrogen-bond donors (Lipinski definition) is 1. The molecule has 0 radical (unpaired) electrons. The summed E-state index contributed by atoms with van der Waals surface area (Å²) in [4.78, 5) is 25.8. The number of anilines is 1. The number of halogens is 4. The standard InChI is InChI=1S/C25H25F4N5O2/c26-19-4-2-1-3-18(19)23(30)22(20-14-36-8-7-31-20)24(35)34-12-15-10-33(11-16(15)13-34)21-6-5-17(9-32-21)25(27,28)29/h1-6,9,15-16H,7-8,10-14,30H2/b23-22+. The molecule has 2 N–H and O–H groups in total. The van der Waals surface area contributed by atoms with Crippen LogP contribution in [0.4, 0.5) is 23.4 Å². The van der Waals surface area contributed by atoms with E-state index in [4.69, 9.17) is 10.5 Å². The molecule has 2 unspecified atom stereocenters. The molecule has 1 aromatic heterocycles. The minimum absolute atomic E-state index is 0.0231. The lowest BCUT2D eigenvalue weighted by Crippen LogP contribution is -2.38. The van der Waals surface area contributed by atoms with E-state index in [9.17, 15) is 22.4 Å². The van der Waals surface area contributed by atoms with Gasteiger partial charge in [0.15, 0.2) is 0 Å². The number of nitrogens with two attached hydrogens (primary N) is 1. The van der Waals surface area contributed by atoms with Crippen molar-refractivity contribution in [1.29, 1.82) is 0 Å². The third-order valence-corrected chi connectivity index (χ3v) is 6.89. The van der Waals surface area contributed by atoms with Gasteiger partial charge in [0.2, 0.25) is 0 Å². The molecular formula is C25H25F4N5O2. The number of fused-ring (bicyclic) bond motifs is 1. The van der Waals surface area contributed by atoms with Crippen molar-refractivity contribution in [2.75, 3.05) is 50.8 Å². The van der Waals surface area contributed by atoms with Crippen LogP contribution in [-0.2, 0) is 15.7 Å². The summed E-state index contributed by atoms with van der Waals surface area (Å²) in [7, 11) is 0. The first-order valence-electron chi connectivity index (χ1n) is 11.7. The second-order valence-corrected chi connectivity index (χ2v) is 9.19. The Morgan fingerprint density at radius 2 is 1.78 bits per heavy atom. The molecule has 2 saturated heterocycles. The van der Waals surface area contributed by atoms with Crippen molar-refractivity contribution in [2.45, 2.75) is 6.18 Å². The Morgan fingerprint density at radius 3 is 2.36 bits per heavy atom. The highest BCUT2D eigenvalue weighted by molar-refractivity contribution is 6.26. The number of aromatic nitrogens is 1. The number of likely N-dealkylation sites (tertiary alicyclic amines) is 1. The maximum Gasteiger partial charge on any atom is 0.417 e. The predicted molar refractivity (Wildman–Crippen MR) is 126 cm³/mol. The molecule has 1 aromatic carbocycles. The van der Waals surface area contributed by atoms with Gasteiger partial charge < -0.3 is 20.3 Å². The number of carbonyl (C=O) groups is 1. The van der Waals surface area contributed by atoms with Crippen molar-refractivity contribution in [1.82, 2.24) is 9.88 Å². The number of nitrogens with zero attached hydrogens (tertiary/aromatic N) is 4. The minimum Gasteiger partial charge on any atom is -0.397 e. The SMILES string of the molecule is N/C(=C(/C(=O)N1CC2CN(c3ccc(C(F)(F)F)cn3)CC2C1)C1=NCCOC1)c1ccccc1F. The zero-order valence-corrected chi connectivity index (χ0v) is 19.3. The molecule has 2 aromatic rings. The van der Waals surface area contributed by atoms with Crippen LogP contribution in [0.5, 0.6) is 0 Å². The van der Waals surface area contributed by atoms with Gasteiger partial charge >= 0.3 is 6.18 Å². The number of rotatable bonds is 4. The maximum atomic E-state index is 14.5. The van der Waals surface area contributed by atoms with Gasteiger partial charge in [-0.05, 0) is 24.3 Å². The lowest BCUT2D eigenvalue weighted by atomic mass is 10.0. The minimum atomic E-state index is -4.43. The molecule has 0 bridgehead atoms. The fourth-order valence-electron chi connectivity index (χ4n) is 5.06. The lowest BCUT2D eigenvalue weighted by molar-refractivity contribution is -0.137. The maximum absolute atomic E-state index is 14.5. The van der Waals surface area contributed by atoms with Gasteiger partial charge in [-0.15, -0.1) is 0 Å². The third kappa shape index (κ3) is 4.67. The molecule has 3 aliphatic rings. The number of carbonyl (C=O) groups excluding carboxylic acids is 1. The second kappa shape index (κ2) is 9.53. The molecule has 2 fully saturated rings. The Morgan fingerprint density at radius 1 is 1.06 bits per heavy atom. The van der Waals surface area contributed by atoms with Gasteiger partial charge in [0.1, 0.15) is 11.6 Å². The molecular weight excluding hydrogens is 478 g/mol. The van der Waals surface area contributed by atoms with Gasteiger partial charge in [0, 0.05) is 49.8 Å². The molecule has 36 heavy (non-hydrogen) atoms. The molecule has 1 amide bonds. The van der Waals surface area contributed by atoms with E-state index in [1.165, 1.54) is 18.2 Å². The zero-order valence-electron chi connectivity index (χ0n) is 19.3. The highest BCUT2D eigenvalue weighted by Gasteiger charge is 2.43. The molecule has 0 aliphatic carbocycles. The van der Waals surface area contributed by atoms with Crippen molar-refractivity contribution >= 4 is 23.1 Å². The average Bonchev–Trinajstić information content (AvgIpc) is 3.44. The summed E-state index contributed by atoms with van der Waals surface area (Å²) >= 11 is 0. The first-order chi connectivity index (χ1) is 17.2. The number of amides is 1. The summed E-state index contributed by atoms with van der Waals surface area (Å²) in [6.45, 7) is 2.97. The summed E-state index contributed by atoms with van der Waals surface area (Å²) in [5, 5.41) is 0. The third-order valence-electron chi connectivity index (χ3n) is 6.89. The molecule has 5 rings (SSSR count). The average molecular weight is 504 g/mol. The van der Waals surface area contributed by atoms with E-state index in [1.807, 2.05) is 4.90 Å². The number of ether oxygens (including phenoxy) is 1. The topological polar surface area (TPSA) is 84.1 Å². The molecule has 3 aliphatic heterocycles. The van der Waals surface area contributed by atoms with E-state index in [0.717, 1.165) is 12.3 Å². The van der Waals surface area contributed by atoms with Crippen molar-refractivity contribution in [3.8, 4) is 0 Å². The largest absolute Gasteiger partial charge is 0.417 e. The van der Waals surface area contributed by atoms with E-state index >= 15 is 0 Å². The monoisotopic (exact) mass is 503 g/mol. The fraction of sp³-hybridized carbons (Fsp3) is 0.400.